The average molecular weight is 300 g/mol. The number of hydrogen-bond donors (Lipinski definition) is 1. The van der Waals surface area contributed by atoms with Gasteiger partial charge >= 0.3 is 0 Å². The zero-order chi connectivity index (χ0) is 14.9. The number of hydrogen-bond acceptors (Lipinski definition) is 3. The van der Waals surface area contributed by atoms with E-state index in [-0.39, 0.29) is 5.54 Å². The minimum atomic E-state index is -0.404. The summed E-state index contributed by atoms with van der Waals surface area (Å²) in [5.74, 6) is 0. The van der Waals surface area contributed by atoms with Crippen LogP contribution in [-0.2, 0) is 13.5 Å². The molecule has 114 valence electrons. The van der Waals surface area contributed by atoms with Crippen LogP contribution in [0.1, 0.15) is 43.4 Å². The molecule has 0 spiro atoms. The fraction of sp³-hybridized carbons (Fsp3) is 0.800. The Hall–Kier alpha value is -0.580. The zero-order valence-electron chi connectivity index (χ0n) is 13.0. The van der Waals surface area contributed by atoms with Crippen molar-refractivity contribution >= 4 is 11.6 Å². The quantitative estimate of drug-likeness (QED) is 0.929. The Morgan fingerprint density at radius 3 is 2.40 bits per heavy atom. The molecule has 1 aliphatic rings. The first kappa shape index (κ1) is 15.8. The molecule has 5 heteroatoms. The van der Waals surface area contributed by atoms with Gasteiger partial charge in [-0.15, -0.1) is 0 Å². The highest BCUT2D eigenvalue weighted by atomic mass is 35.5. The summed E-state index contributed by atoms with van der Waals surface area (Å²) in [5, 5.41) is 15.9. The topological polar surface area (TPSA) is 41.3 Å². The fourth-order valence-corrected chi connectivity index (χ4v) is 3.78. The van der Waals surface area contributed by atoms with E-state index in [9.17, 15) is 5.11 Å². The lowest BCUT2D eigenvalue weighted by Crippen LogP contribution is -2.55. The molecule has 20 heavy (non-hydrogen) atoms. The Bertz CT molecular complexity index is 464. The van der Waals surface area contributed by atoms with Crippen LogP contribution >= 0.6 is 11.6 Å². The van der Waals surface area contributed by atoms with Gasteiger partial charge in [0.1, 0.15) is 5.15 Å². The number of aromatic nitrogens is 2. The Morgan fingerprint density at radius 2 is 1.95 bits per heavy atom. The van der Waals surface area contributed by atoms with Gasteiger partial charge in [-0.05, 0) is 33.9 Å². The first-order valence-corrected chi connectivity index (χ1v) is 7.80. The van der Waals surface area contributed by atoms with Gasteiger partial charge in [0.05, 0.1) is 11.8 Å². The summed E-state index contributed by atoms with van der Waals surface area (Å²) in [7, 11) is 5.99. The number of aryl methyl sites for hydroxylation is 2. The van der Waals surface area contributed by atoms with Crippen LogP contribution in [0.5, 0.6) is 0 Å². The minimum Gasteiger partial charge on any atom is -0.391 e. The molecule has 1 N–H and O–H groups in total. The normalized spacial score (nSPS) is 20.4. The van der Waals surface area contributed by atoms with Gasteiger partial charge in [-0.3, -0.25) is 4.68 Å². The summed E-state index contributed by atoms with van der Waals surface area (Å²) in [6, 6.07) is 0. The molecule has 4 nitrogen and oxygen atoms in total. The van der Waals surface area contributed by atoms with E-state index < -0.39 is 6.10 Å². The van der Waals surface area contributed by atoms with Gasteiger partial charge in [0.25, 0.3) is 0 Å². The van der Waals surface area contributed by atoms with Crippen LogP contribution in [-0.4, -0.2) is 45.5 Å². The second kappa shape index (κ2) is 6.04. The third-order valence-electron chi connectivity index (χ3n) is 4.90. The molecule has 1 unspecified atom stereocenters. The maximum Gasteiger partial charge on any atom is 0.130 e. The molecule has 1 heterocycles. The van der Waals surface area contributed by atoms with E-state index in [2.05, 4.69) is 24.1 Å². The lowest BCUT2D eigenvalue weighted by atomic mass is 9.75. The molecule has 1 atom stereocenters. The number of halogens is 1. The summed E-state index contributed by atoms with van der Waals surface area (Å²) in [6.07, 6.45) is 5.93. The molecule has 0 radical (unpaired) electrons. The van der Waals surface area contributed by atoms with Crippen LogP contribution in [0.15, 0.2) is 0 Å². The smallest absolute Gasteiger partial charge is 0.130 e. The summed E-state index contributed by atoms with van der Waals surface area (Å²) in [4.78, 5) is 2.20. The molecular weight excluding hydrogens is 274 g/mol. The Morgan fingerprint density at radius 1 is 1.35 bits per heavy atom. The predicted molar refractivity (Wildman–Crippen MR) is 82.2 cm³/mol. The van der Waals surface area contributed by atoms with Crippen LogP contribution < -0.4 is 0 Å². The van der Waals surface area contributed by atoms with Gasteiger partial charge in [0, 0.05) is 24.6 Å². The van der Waals surface area contributed by atoms with Gasteiger partial charge in [-0.2, -0.15) is 5.10 Å². The summed E-state index contributed by atoms with van der Waals surface area (Å²) < 4.78 is 1.68. The molecule has 2 rings (SSSR count). The van der Waals surface area contributed by atoms with E-state index in [1.54, 1.807) is 4.68 Å². The van der Waals surface area contributed by atoms with Crippen LogP contribution in [0.25, 0.3) is 0 Å². The highest BCUT2D eigenvalue weighted by molar-refractivity contribution is 6.30. The van der Waals surface area contributed by atoms with Crippen molar-refractivity contribution in [1.82, 2.24) is 14.7 Å². The van der Waals surface area contributed by atoms with Crippen molar-refractivity contribution in [2.24, 2.45) is 7.05 Å². The number of likely N-dealkylation sites (N-methyl/N-ethyl adjacent to an activating group) is 1. The second-order valence-corrected chi connectivity index (χ2v) is 6.61. The van der Waals surface area contributed by atoms with E-state index in [0.717, 1.165) is 24.1 Å². The molecule has 1 aliphatic carbocycles. The molecular formula is C15H26ClN3O. The lowest BCUT2D eigenvalue weighted by Gasteiger charge is -2.46. The van der Waals surface area contributed by atoms with Crippen LogP contribution in [0, 0.1) is 6.92 Å². The highest BCUT2D eigenvalue weighted by Gasteiger charge is 2.41. The summed E-state index contributed by atoms with van der Waals surface area (Å²) in [5.41, 5.74) is 1.78. The number of aliphatic hydroxyl groups excluding tert-OH is 1. The molecule has 0 aliphatic heterocycles. The van der Waals surface area contributed by atoms with Gasteiger partial charge in [-0.1, -0.05) is 30.9 Å². The van der Waals surface area contributed by atoms with Crippen LogP contribution in [0.3, 0.4) is 0 Å². The molecule has 0 aromatic carbocycles. The van der Waals surface area contributed by atoms with Crippen molar-refractivity contribution in [3.05, 3.63) is 16.4 Å². The van der Waals surface area contributed by atoms with Gasteiger partial charge in [-0.25, -0.2) is 0 Å². The predicted octanol–water partition coefficient (Wildman–Crippen LogP) is 2.55. The van der Waals surface area contributed by atoms with E-state index in [1.807, 2.05) is 14.0 Å². The molecule has 1 aromatic heterocycles. The van der Waals surface area contributed by atoms with Crippen LogP contribution in [0.4, 0.5) is 0 Å². The highest BCUT2D eigenvalue weighted by Crippen LogP contribution is 2.37. The molecule has 0 amide bonds. The van der Waals surface area contributed by atoms with Gasteiger partial charge < -0.3 is 10.0 Å². The first-order valence-electron chi connectivity index (χ1n) is 7.42. The largest absolute Gasteiger partial charge is 0.391 e. The molecule has 0 saturated heterocycles. The van der Waals surface area contributed by atoms with Gasteiger partial charge in [0.15, 0.2) is 0 Å². The number of aliphatic hydroxyl groups is 1. The maximum atomic E-state index is 10.9. The van der Waals surface area contributed by atoms with Crippen molar-refractivity contribution in [3.63, 3.8) is 0 Å². The third-order valence-corrected chi connectivity index (χ3v) is 5.37. The minimum absolute atomic E-state index is 0.121. The molecule has 1 aromatic rings. The maximum absolute atomic E-state index is 10.9. The second-order valence-electron chi connectivity index (χ2n) is 6.26. The van der Waals surface area contributed by atoms with E-state index in [0.29, 0.717) is 11.6 Å². The van der Waals surface area contributed by atoms with Crippen molar-refractivity contribution in [1.29, 1.82) is 0 Å². The molecule has 1 saturated carbocycles. The number of rotatable bonds is 4. The Kier molecular flexibility index (Phi) is 4.77. The standard InChI is InChI=1S/C15H26ClN3O/c1-11-12(14(16)19(4)17-11)10-13(20)15(18(2)3)8-6-5-7-9-15/h13,20H,5-10H2,1-4H3. The SMILES string of the molecule is Cc1nn(C)c(Cl)c1CC(O)C1(N(C)C)CCCCC1. The van der Waals surface area contributed by atoms with Crippen LogP contribution in [0.2, 0.25) is 5.15 Å². The molecule has 0 bridgehead atoms. The fourth-order valence-electron chi connectivity index (χ4n) is 3.53. The molecule has 1 fully saturated rings. The third kappa shape index (κ3) is 2.74. The van der Waals surface area contributed by atoms with Crippen molar-refractivity contribution in [2.45, 2.75) is 57.1 Å². The summed E-state index contributed by atoms with van der Waals surface area (Å²) in [6.45, 7) is 1.96. The zero-order valence-corrected chi connectivity index (χ0v) is 13.7. The average Bonchev–Trinajstić information content (AvgIpc) is 2.66. The van der Waals surface area contributed by atoms with E-state index in [4.69, 9.17) is 11.6 Å². The van der Waals surface area contributed by atoms with Crippen molar-refractivity contribution in [2.75, 3.05) is 14.1 Å². The van der Waals surface area contributed by atoms with Crippen molar-refractivity contribution < 1.29 is 5.11 Å². The summed E-state index contributed by atoms with van der Waals surface area (Å²) >= 11 is 6.30. The van der Waals surface area contributed by atoms with E-state index >= 15 is 0 Å². The Labute approximate surface area is 126 Å². The van der Waals surface area contributed by atoms with Crippen molar-refractivity contribution in [3.8, 4) is 0 Å². The monoisotopic (exact) mass is 299 g/mol. The van der Waals surface area contributed by atoms with E-state index in [1.165, 1.54) is 19.3 Å². The number of nitrogens with zero attached hydrogens (tertiary/aromatic N) is 3. The first-order chi connectivity index (χ1) is 9.38. The lowest BCUT2D eigenvalue weighted by molar-refractivity contribution is -0.0310. The van der Waals surface area contributed by atoms with Gasteiger partial charge in [0.2, 0.25) is 0 Å². The Balaban J connectivity index is 2.22.